The minimum absolute atomic E-state index is 0.0609. The Labute approximate surface area is 129 Å². The van der Waals surface area contributed by atoms with Gasteiger partial charge in [0.15, 0.2) is 5.78 Å². The molecule has 0 unspecified atom stereocenters. The maximum atomic E-state index is 11.4. The van der Waals surface area contributed by atoms with E-state index in [1.165, 1.54) is 6.92 Å². The number of carbonyl (C=O) groups excluding carboxylic acids is 1. The summed E-state index contributed by atoms with van der Waals surface area (Å²) in [6, 6.07) is 9.27. The summed E-state index contributed by atoms with van der Waals surface area (Å²) in [5.41, 5.74) is 4.71. The molecule has 0 aliphatic rings. The second kappa shape index (κ2) is 6.19. The van der Waals surface area contributed by atoms with Crippen LogP contribution >= 0.6 is 11.6 Å². The number of hydrogen-bond donors (Lipinski definition) is 0. The van der Waals surface area contributed by atoms with Crippen LogP contribution in [0.4, 0.5) is 5.69 Å². The second-order valence-electron chi connectivity index (χ2n) is 5.07. The Morgan fingerprint density at radius 1 is 1.14 bits per heavy atom. The normalized spacial score (nSPS) is 11.6. The molecule has 0 fully saturated rings. The molecule has 0 aliphatic heterocycles. The lowest BCUT2D eigenvalue weighted by molar-refractivity contribution is 0.101. The van der Waals surface area contributed by atoms with Crippen molar-refractivity contribution >= 4 is 28.8 Å². The molecule has 1 aromatic carbocycles. The van der Waals surface area contributed by atoms with Crippen LogP contribution in [0.25, 0.3) is 0 Å². The van der Waals surface area contributed by atoms with Gasteiger partial charge in [0.1, 0.15) is 5.69 Å². The molecule has 2 rings (SSSR count). The van der Waals surface area contributed by atoms with E-state index in [1.54, 1.807) is 6.07 Å². The average molecular weight is 301 g/mol. The molecule has 3 nitrogen and oxygen atoms in total. The molecular formula is C17H17ClN2O. The highest BCUT2D eigenvalue weighted by Gasteiger charge is 2.08. The van der Waals surface area contributed by atoms with Crippen LogP contribution in [0.2, 0.25) is 5.02 Å². The predicted molar refractivity (Wildman–Crippen MR) is 87.0 cm³/mol. The van der Waals surface area contributed by atoms with E-state index >= 15 is 0 Å². The van der Waals surface area contributed by atoms with Gasteiger partial charge in [-0.15, -0.1) is 0 Å². The summed E-state index contributed by atoms with van der Waals surface area (Å²) in [5.74, 6) is -0.0609. The Balaban J connectivity index is 2.47. The van der Waals surface area contributed by atoms with Crippen molar-refractivity contribution < 1.29 is 4.79 Å². The smallest absolute Gasteiger partial charge is 0.178 e. The molecule has 0 saturated carbocycles. The van der Waals surface area contributed by atoms with Crippen molar-refractivity contribution in [3.8, 4) is 0 Å². The summed E-state index contributed by atoms with van der Waals surface area (Å²) < 4.78 is 0. The SMILES string of the molecule is CC(=O)c1cccc(/C(C)=N/c2c(C)cc(C)cc2Cl)n1. The largest absolute Gasteiger partial charge is 0.293 e. The van der Waals surface area contributed by atoms with Gasteiger partial charge in [-0.2, -0.15) is 0 Å². The molecule has 1 heterocycles. The number of carbonyl (C=O) groups is 1. The third kappa shape index (κ3) is 3.56. The molecule has 2 aromatic rings. The van der Waals surface area contributed by atoms with Crippen molar-refractivity contribution in [1.82, 2.24) is 4.98 Å². The van der Waals surface area contributed by atoms with Crippen molar-refractivity contribution in [2.75, 3.05) is 0 Å². The number of nitrogens with zero attached hydrogens (tertiary/aromatic N) is 2. The summed E-state index contributed by atoms with van der Waals surface area (Å²) in [7, 11) is 0. The molecular weight excluding hydrogens is 284 g/mol. The monoisotopic (exact) mass is 300 g/mol. The van der Waals surface area contributed by atoms with E-state index in [0.717, 1.165) is 22.5 Å². The number of halogens is 1. The summed E-state index contributed by atoms with van der Waals surface area (Å²) in [4.78, 5) is 20.3. The van der Waals surface area contributed by atoms with E-state index < -0.39 is 0 Å². The minimum atomic E-state index is -0.0609. The Kier molecular flexibility index (Phi) is 4.53. The lowest BCUT2D eigenvalue weighted by Gasteiger charge is -2.07. The zero-order chi connectivity index (χ0) is 15.6. The van der Waals surface area contributed by atoms with E-state index in [9.17, 15) is 4.79 Å². The number of benzene rings is 1. The van der Waals surface area contributed by atoms with Crippen LogP contribution in [0.1, 0.15) is 41.2 Å². The first kappa shape index (κ1) is 15.4. The molecule has 0 N–H and O–H groups in total. The van der Waals surface area contributed by atoms with E-state index in [1.807, 2.05) is 45.0 Å². The fourth-order valence-electron chi connectivity index (χ4n) is 2.11. The van der Waals surface area contributed by atoms with Crippen LogP contribution in [-0.4, -0.2) is 16.5 Å². The highest BCUT2D eigenvalue weighted by molar-refractivity contribution is 6.33. The van der Waals surface area contributed by atoms with Gasteiger partial charge in [0.05, 0.1) is 22.1 Å². The third-order valence-electron chi connectivity index (χ3n) is 3.16. The van der Waals surface area contributed by atoms with Gasteiger partial charge in [-0.1, -0.05) is 23.7 Å². The number of ketones is 1. The highest BCUT2D eigenvalue weighted by Crippen LogP contribution is 2.30. The van der Waals surface area contributed by atoms with Crippen LogP contribution in [0.5, 0.6) is 0 Å². The average Bonchev–Trinajstić information content (AvgIpc) is 2.42. The van der Waals surface area contributed by atoms with Gasteiger partial charge in [-0.25, -0.2) is 9.98 Å². The highest BCUT2D eigenvalue weighted by atomic mass is 35.5. The fraction of sp³-hybridized carbons (Fsp3) is 0.235. The standard InChI is InChI=1S/C17H17ClN2O/c1-10-8-11(2)17(14(18)9-10)19-12(3)15-6-5-7-16(20-15)13(4)21/h5-9H,1-4H3/b19-12+. The minimum Gasteiger partial charge on any atom is -0.293 e. The van der Waals surface area contributed by atoms with Gasteiger partial charge < -0.3 is 0 Å². The molecule has 0 aliphatic carbocycles. The maximum absolute atomic E-state index is 11.4. The van der Waals surface area contributed by atoms with Gasteiger partial charge >= 0.3 is 0 Å². The van der Waals surface area contributed by atoms with Crippen LogP contribution in [-0.2, 0) is 0 Å². The summed E-state index contributed by atoms with van der Waals surface area (Å²) >= 11 is 6.27. The first-order valence-corrected chi connectivity index (χ1v) is 7.06. The molecule has 0 bridgehead atoms. The van der Waals surface area contributed by atoms with Gasteiger partial charge in [-0.05, 0) is 50.1 Å². The Morgan fingerprint density at radius 3 is 2.43 bits per heavy atom. The Morgan fingerprint density at radius 2 is 1.81 bits per heavy atom. The summed E-state index contributed by atoms with van der Waals surface area (Å²) in [6.45, 7) is 7.34. The zero-order valence-corrected chi connectivity index (χ0v) is 13.3. The molecule has 0 atom stereocenters. The molecule has 108 valence electrons. The van der Waals surface area contributed by atoms with E-state index in [0.29, 0.717) is 16.4 Å². The summed E-state index contributed by atoms with van der Waals surface area (Å²) in [6.07, 6.45) is 0. The Bertz CT molecular complexity index is 712. The van der Waals surface area contributed by atoms with Crippen molar-refractivity contribution in [3.05, 3.63) is 57.9 Å². The van der Waals surface area contributed by atoms with E-state index in [2.05, 4.69) is 9.98 Å². The first-order chi connectivity index (χ1) is 9.88. The quantitative estimate of drug-likeness (QED) is 0.609. The number of aryl methyl sites for hydroxylation is 2. The Hall–Kier alpha value is -2.00. The second-order valence-corrected chi connectivity index (χ2v) is 5.48. The molecule has 21 heavy (non-hydrogen) atoms. The molecule has 1 aromatic heterocycles. The van der Waals surface area contributed by atoms with Crippen molar-refractivity contribution in [2.45, 2.75) is 27.7 Å². The van der Waals surface area contributed by atoms with Crippen LogP contribution in [0.15, 0.2) is 35.3 Å². The number of Topliss-reactive ketones (excluding diaryl/α,β-unsaturated/α-hetero) is 1. The van der Waals surface area contributed by atoms with Gasteiger partial charge in [-0.3, -0.25) is 4.79 Å². The van der Waals surface area contributed by atoms with Gasteiger partial charge in [0.2, 0.25) is 0 Å². The van der Waals surface area contributed by atoms with Gasteiger partial charge in [0, 0.05) is 6.92 Å². The molecule has 0 radical (unpaired) electrons. The third-order valence-corrected chi connectivity index (χ3v) is 3.45. The zero-order valence-electron chi connectivity index (χ0n) is 12.6. The van der Waals surface area contributed by atoms with Crippen molar-refractivity contribution in [2.24, 2.45) is 4.99 Å². The number of hydrogen-bond acceptors (Lipinski definition) is 3. The lowest BCUT2D eigenvalue weighted by atomic mass is 10.1. The van der Waals surface area contributed by atoms with Gasteiger partial charge in [0.25, 0.3) is 0 Å². The predicted octanol–water partition coefficient (Wildman–Crippen LogP) is 4.70. The number of rotatable bonds is 3. The van der Waals surface area contributed by atoms with Crippen LogP contribution in [0.3, 0.4) is 0 Å². The maximum Gasteiger partial charge on any atom is 0.178 e. The van der Waals surface area contributed by atoms with E-state index in [4.69, 9.17) is 11.6 Å². The van der Waals surface area contributed by atoms with Crippen molar-refractivity contribution in [3.63, 3.8) is 0 Å². The van der Waals surface area contributed by atoms with E-state index in [-0.39, 0.29) is 5.78 Å². The molecule has 0 spiro atoms. The number of aromatic nitrogens is 1. The van der Waals surface area contributed by atoms with Crippen molar-refractivity contribution in [1.29, 1.82) is 0 Å². The van der Waals surface area contributed by atoms with Crippen LogP contribution < -0.4 is 0 Å². The number of aliphatic imine (C=N–C) groups is 1. The molecule has 0 saturated heterocycles. The summed E-state index contributed by atoms with van der Waals surface area (Å²) in [5, 5.41) is 0.620. The molecule has 0 amide bonds. The number of pyridine rings is 1. The van der Waals surface area contributed by atoms with Crippen LogP contribution in [0, 0.1) is 13.8 Å². The topological polar surface area (TPSA) is 42.3 Å². The lowest BCUT2D eigenvalue weighted by Crippen LogP contribution is -2.04. The fourth-order valence-corrected chi connectivity index (χ4v) is 2.47. The first-order valence-electron chi connectivity index (χ1n) is 6.69. The molecule has 4 heteroatoms.